The van der Waals surface area contributed by atoms with Gasteiger partial charge >= 0.3 is 6.09 Å². The van der Waals surface area contributed by atoms with Crippen molar-refractivity contribution in [1.29, 1.82) is 0 Å². The molecule has 0 spiro atoms. The van der Waals surface area contributed by atoms with Crippen molar-refractivity contribution in [1.82, 2.24) is 15.1 Å². The Kier molecular flexibility index (Phi) is 7.54. The fraction of sp³-hybridized carbons (Fsp3) is 0.895. The van der Waals surface area contributed by atoms with Crippen LogP contribution in [-0.4, -0.2) is 66.7 Å². The van der Waals surface area contributed by atoms with Crippen LogP contribution in [-0.2, 0) is 9.53 Å². The van der Waals surface area contributed by atoms with E-state index < -0.39 is 5.60 Å². The Bertz CT molecular complexity index is 434. The molecule has 0 bridgehead atoms. The summed E-state index contributed by atoms with van der Waals surface area (Å²) in [6.45, 7) is 10.5. The zero-order valence-electron chi connectivity index (χ0n) is 16.2. The van der Waals surface area contributed by atoms with Crippen molar-refractivity contribution >= 4 is 12.0 Å². The van der Waals surface area contributed by atoms with Gasteiger partial charge in [0, 0.05) is 39.1 Å². The molecule has 1 saturated carbocycles. The maximum atomic E-state index is 12.0. The maximum Gasteiger partial charge on any atom is 0.410 e. The summed E-state index contributed by atoms with van der Waals surface area (Å²) in [5.74, 6) is 0.822. The molecule has 0 atom stereocenters. The standard InChI is InChI=1S/C19H35N3O3/c1-19(2,3)25-18(24)22-13-11-21(12-14-22)10-6-9-20-17(23)15-16-7-4-5-8-16/h16H,4-15H2,1-3H3,(H,20,23). The summed E-state index contributed by atoms with van der Waals surface area (Å²) in [7, 11) is 0. The van der Waals surface area contributed by atoms with Crippen molar-refractivity contribution in [2.75, 3.05) is 39.3 Å². The van der Waals surface area contributed by atoms with Crippen molar-refractivity contribution in [2.24, 2.45) is 5.92 Å². The van der Waals surface area contributed by atoms with Crippen LogP contribution in [0.5, 0.6) is 0 Å². The van der Waals surface area contributed by atoms with Gasteiger partial charge in [-0.1, -0.05) is 12.8 Å². The molecule has 2 rings (SSSR count). The van der Waals surface area contributed by atoms with Crippen molar-refractivity contribution in [3.05, 3.63) is 0 Å². The molecule has 144 valence electrons. The molecule has 1 aliphatic heterocycles. The highest BCUT2D eigenvalue weighted by molar-refractivity contribution is 5.76. The fourth-order valence-corrected chi connectivity index (χ4v) is 3.56. The Hall–Kier alpha value is -1.30. The topological polar surface area (TPSA) is 61.9 Å². The van der Waals surface area contributed by atoms with E-state index >= 15 is 0 Å². The van der Waals surface area contributed by atoms with E-state index in [-0.39, 0.29) is 12.0 Å². The normalized spacial score (nSPS) is 19.9. The number of ether oxygens (including phenoxy) is 1. The van der Waals surface area contributed by atoms with Gasteiger partial charge in [0.05, 0.1) is 0 Å². The number of rotatable bonds is 6. The largest absolute Gasteiger partial charge is 0.444 e. The quantitative estimate of drug-likeness (QED) is 0.746. The van der Waals surface area contributed by atoms with Crippen LogP contribution in [0.15, 0.2) is 0 Å². The molecule has 1 N–H and O–H groups in total. The predicted octanol–water partition coefficient (Wildman–Crippen LogP) is 2.63. The number of carbonyl (C=O) groups is 2. The molecule has 2 amide bonds. The lowest BCUT2D eigenvalue weighted by Gasteiger charge is -2.35. The van der Waals surface area contributed by atoms with Crippen molar-refractivity contribution in [2.45, 2.75) is 64.9 Å². The molecule has 0 unspecified atom stereocenters. The smallest absolute Gasteiger partial charge is 0.410 e. The van der Waals surface area contributed by atoms with Crippen LogP contribution in [0.4, 0.5) is 4.79 Å². The van der Waals surface area contributed by atoms with Gasteiger partial charge in [-0.15, -0.1) is 0 Å². The number of piperazine rings is 1. The van der Waals surface area contributed by atoms with E-state index in [0.29, 0.717) is 25.4 Å². The van der Waals surface area contributed by atoms with Gasteiger partial charge in [-0.25, -0.2) is 4.79 Å². The van der Waals surface area contributed by atoms with Crippen LogP contribution >= 0.6 is 0 Å². The molecule has 6 heteroatoms. The van der Waals surface area contributed by atoms with Gasteiger partial charge in [0.2, 0.25) is 5.91 Å². The lowest BCUT2D eigenvalue weighted by Crippen LogP contribution is -2.50. The summed E-state index contributed by atoms with van der Waals surface area (Å²) >= 11 is 0. The van der Waals surface area contributed by atoms with Crippen LogP contribution in [0.3, 0.4) is 0 Å². The number of hydrogen-bond acceptors (Lipinski definition) is 4. The van der Waals surface area contributed by atoms with E-state index in [4.69, 9.17) is 4.74 Å². The third-order valence-corrected chi connectivity index (χ3v) is 4.95. The Morgan fingerprint density at radius 2 is 1.72 bits per heavy atom. The van der Waals surface area contributed by atoms with Gasteiger partial charge in [0.15, 0.2) is 0 Å². The van der Waals surface area contributed by atoms with E-state index in [0.717, 1.165) is 32.6 Å². The van der Waals surface area contributed by atoms with E-state index in [1.165, 1.54) is 25.7 Å². The van der Waals surface area contributed by atoms with Crippen LogP contribution in [0.25, 0.3) is 0 Å². The summed E-state index contributed by atoms with van der Waals surface area (Å²) in [6.07, 6.45) is 6.45. The van der Waals surface area contributed by atoms with Crippen molar-refractivity contribution in [3.63, 3.8) is 0 Å². The van der Waals surface area contributed by atoms with Crippen molar-refractivity contribution in [3.8, 4) is 0 Å². The first kappa shape index (κ1) is 20.0. The highest BCUT2D eigenvalue weighted by Crippen LogP contribution is 2.27. The number of amides is 2. The monoisotopic (exact) mass is 353 g/mol. The van der Waals surface area contributed by atoms with Gasteiger partial charge in [0.25, 0.3) is 0 Å². The number of nitrogens with one attached hydrogen (secondary N) is 1. The first-order chi connectivity index (χ1) is 11.8. The molecule has 0 aromatic carbocycles. The summed E-state index contributed by atoms with van der Waals surface area (Å²) in [4.78, 5) is 28.1. The molecule has 6 nitrogen and oxygen atoms in total. The van der Waals surface area contributed by atoms with Gasteiger partial charge in [-0.2, -0.15) is 0 Å². The third-order valence-electron chi connectivity index (χ3n) is 4.95. The van der Waals surface area contributed by atoms with Gasteiger partial charge in [0.1, 0.15) is 5.60 Å². The van der Waals surface area contributed by atoms with E-state index in [1.54, 1.807) is 4.90 Å². The predicted molar refractivity (Wildman–Crippen MR) is 98.4 cm³/mol. The lowest BCUT2D eigenvalue weighted by molar-refractivity contribution is -0.122. The van der Waals surface area contributed by atoms with Crippen LogP contribution in [0.2, 0.25) is 0 Å². The average Bonchev–Trinajstić information content (AvgIpc) is 3.03. The van der Waals surface area contributed by atoms with Gasteiger partial charge in [-0.05, 0) is 52.5 Å². The fourth-order valence-electron chi connectivity index (χ4n) is 3.56. The second-order valence-corrected chi connectivity index (χ2v) is 8.37. The number of carbonyl (C=O) groups excluding carboxylic acids is 2. The first-order valence-electron chi connectivity index (χ1n) is 9.80. The number of hydrogen-bond donors (Lipinski definition) is 1. The minimum absolute atomic E-state index is 0.210. The lowest BCUT2D eigenvalue weighted by atomic mass is 10.0. The second-order valence-electron chi connectivity index (χ2n) is 8.37. The third kappa shape index (κ3) is 7.63. The maximum absolute atomic E-state index is 12.0. The molecule has 1 aliphatic carbocycles. The Balaban J connectivity index is 1.53. The minimum Gasteiger partial charge on any atom is -0.444 e. The average molecular weight is 354 g/mol. The molecular weight excluding hydrogens is 318 g/mol. The molecule has 25 heavy (non-hydrogen) atoms. The molecule has 0 radical (unpaired) electrons. The molecular formula is C19H35N3O3. The SMILES string of the molecule is CC(C)(C)OC(=O)N1CCN(CCCNC(=O)CC2CCCC2)CC1. The highest BCUT2D eigenvalue weighted by Gasteiger charge is 2.25. The molecule has 0 aromatic rings. The molecule has 2 aliphatic rings. The molecule has 0 aromatic heterocycles. The summed E-state index contributed by atoms with van der Waals surface area (Å²) in [5, 5.41) is 3.05. The van der Waals surface area contributed by atoms with Crippen LogP contribution in [0.1, 0.15) is 59.3 Å². The molecule has 2 fully saturated rings. The first-order valence-corrected chi connectivity index (χ1v) is 9.80. The highest BCUT2D eigenvalue weighted by atomic mass is 16.6. The van der Waals surface area contributed by atoms with E-state index in [2.05, 4.69) is 10.2 Å². The zero-order chi connectivity index (χ0) is 18.3. The zero-order valence-corrected chi connectivity index (χ0v) is 16.2. The summed E-state index contributed by atoms with van der Waals surface area (Å²) in [5.41, 5.74) is -0.440. The molecule has 1 saturated heterocycles. The Morgan fingerprint density at radius 3 is 2.32 bits per heavy atom. The second kappa shape index (κ2) is 9.41. The summed E-state index contributed by atoms with van der Waals surface area (Å²) < 4.78 is 5.41. The van der Waals surface area contributed by atoms with Crippen molar-refractivity contribution < 1.29 is 14.3 Å². The van der Waals surface area contributed by atoms with E-state index in [9.17, 15) is 9.59 Å². The van der Waals surface area contributed by atoms with Gasteiger partial charge < -0.3 is 15.0 Å². The Morgan fingerprint density at radius 1 is 1.08 bits per heavy atom. The Labute approximate surface area is 152 Å². The minimum atomic E-state index is -0.440. The van der Waals surface area contributed by atoms with E-state index in [1.807, 2.05) is 20.8 Å². The van der Waals surface area contributed by atoms with Gasteiger partial charge in [-0.3, -0.25) is 9.69 Å². The van der Waals surface area contributed by atoms with Crippen LogP contribution in [0, 0.1) is 5.92 Å². The summed E-state index contributed by atoms with van der Waals surface area (Å²) in [6, 6.07) is 0. The number of nitrogens with zero attached hydrogens (tertiary/aromatic N) is 2. The van der Waals surface area contributed by atoms with Crippen LogP contribution < -0.4 is 5.32 Å². The molecule has 1 heterocycles.